The molecule has 0 amide bonds. The number of aliphatic imine (C=N–C) groups is 1. The van der Waals surface area contributed by atoms with Crippen molar-refractivity contribution in [2.75, 3.05) is 48.0 Å². The highest BCUT2D eigenvalue weighted by Crippen LogP contribution is 2.33. The summed E-state index contributed by atoms with van der Waals surface area (Å²) >= 11 is 0. The first-order chi connectivity index (χ1) is 13.4. The molecule has 0 unspecified atom stereocenters. The largest absolute Gasteiger partial charge is 0.496 e. The van der Waals surface area contributed by atoms with Crippen LogP contribution in [0.4, 0.5) is 0 Å². The molecule has 2 N–H and O–H groups in total. The van der Waals surface area contributed by atoms with Crippen LogP contribution in [-0.2, 0) is 6.54 Å². The number of guanidine groups is 1. The standard InChI is InChI=1S/C21H36N4O3/c1-21(2,25-10-8-7-9-11-25)15-24-20(22-3)23-14-17-18(27-5)12-16(26-4)13-19(17)28-6/h12-13H,7-11,14-15H2,1-6H3,(H2,22,23,24). The van der Waals surface area contributed by atoms with Gasteiger partial charge in [0.05, 0.1) is 33.4 Å². The van der Waals surface area contributed by atoms with Gasteiger partial charge in [0.25, 0.3) is 0 Å². The Labute approximate surface area is 169 Å². The molecule has 0 aliphatic carbocycles. The average molecular weight is 393 g/mol. The van der Waals surface area contributed by atoms with E-state index in [9.17, 15) is 0 Å². The summed E-state index contributed by atoms with van der Waals surface area (Å²) in [6.45, 7) is 8.26. The number of nitrogens with one attached hydrogen (secondary N) is 2. The van der Waals surface area contributed by atoms with Crippen LogP contribution in [0.2, 0.25) is 0 Å². The van der Waals surface area contributed by atoms with Gasteiger partial charge in [-0.05, 0) is 39.8 Å². The molecular formula is C21H36N4O3. The normalized spacial score (nSPS) is 15.9. The van der Waals surface area contributed by atoms with Crippen molar-refractivity contribution in [3.63, 3.8) is 0 Å². The predicted octanol–water partition coefficient (Wildman–Crippen LogP) is 2.64. The fourth-order valence-electron chi connectivity index (χ4n) is 3.56. The van der Waals surface area contributed by atoms with Crippen molar-refractivity contribution in [3.8, 4) is 17.2 Å². The number of hydrogen-bond acceptors (Lipinski definition) is 5. The second-order valence-electron chi connectivity index (χ2n) is 7.65. The van der Waals surface area contributed by atoms with Gasteiger partial charge in [0.15, 0.2) is 5.96 Å². The molecule has 0 atom stereocenters. The topological polar surface area (TPSA) is 67.4 Å². The Morgan fingerprint density at radius 1 is 1.00 bits per heavy atom. The molecule has 0 bridgehead atoms. The maximum Gasteiger partial charge on any atom is 0.191 e. The first-order valence-corrected chi connectivity index (χ1v) is 9.93. The van der Waals surface area contributed by atoms with E-state index in [0.29, 0.717) is 23.8 Å². The van der Waals surface area contributed by atoms with Gasteiger partial charge in [-0.15, -0.1) is 0 Å². The van der Waals surface area contributed by atoms with E-state index in [0.717, 1.165) is 18.1 Å². The lowest BCUT2D eigenvalue weighted by Crippen LogP contribution is -2.54. The van der Waals surface area contributed by atoms with Crippen molar-refractivity contribution in [3.05, 3.63) is 17.7 Å². The third-order valence-corrected chi connectivity index (χ3v) is 5.37. The van der Waals surface area contributed by atoms with E-state index in [2.05, 4.69) is 34.4 Å². The molecule has 0 radical (unpaired) electrons. The van der Waals surface area contributed by atoms with Crippen LogP contribution in [0.1, 0.15) is 38.7 Å². The minimum Gasteiger partial charge on any atom is -0.496 e. The molecule has 1 heterocycles. The summed E-state index contributed by atoms with van der Waals surface area (Å²) in [5.41, 5.74) is 0.997. The summed E-state index contributed by atoms with van der Waals surface area (Å²) in [5, 5.41) is 6.83. The van der Waals surface area contributed by atoms with Crippen molar-refractivity contribution in [2.24, 2.45) is 4.99 Å². The van der Waals surface area contributed by atoms with Gasteiger partial charge in [-0.1, -0.05) is 6.42 Å². The van der Waals surface area contributed by atoms with Gasteiger partial charge in [0.1, 0.15) is 17.2 Å². The summed E-state index contributed by atoms with van der Waals surface area (Å²) in [5.74, 6) is 2.88. The second kappa shape index (κ2) is 10.4. The number of piperidine rings is 1. The zero-order valence-corrected chi connectivity index (χ0v) is 18.2. The molecule has 1 aliphatic heterocycles. The van der Waals surface area contributed by atoms with Crippen molar-refractivity contribution < 1.29 is 14.2 Å². The van der Waals surface area contributed by atoms with E-state index in [4.69, 9.17) is 14.2 Å². The quantitative estimate of drug-likeness (QED) is 0.524. The average Bonchev–Trinajstić information content (AvgIpc) is 2.73. The molecule has 7 nitrogen and oxygen atoms in total. The highest BCUT2D eigenvalue weighted by Gasteiger charge is 2.28. The molecule has 1 aromatic carbocycles. The van der Waals surface area contributed by atoms with Crippen LogP contribution in [0.15, 0.2) is 17.1 Å². The number of hydrogen-bond donors (Lipinski definition) is 2. The second-order valence-corrected chi connectivity index (χ2v) is 7.65. The van der Waals surface area contributed by atoms with Crippen LogP contribution in [0.25, 0.3) is 0 Å². The first kappa shape index (κ1) is 22.1. The minimum absolute atomic E-state index is 0.0769. The first-order valence-electron chi connectivity index (χ1n) is 9.93. The summed E-state index contributed by atoms with van der Waals surface area (Å²) < 4.78 is 16.4. The zero-order chi connectivity index (χ0) is 20.6. The summed E-state index contributed by atoms with van der Waals surface area (Å²) in [4.78, 5) is 6.93. The van der Waals surface area contributed by atoms with Gasteiger partial charge in [0, 0.05) is 31.3 Å². The fourth-order valence-corrected chi connectivity index (χ4v) is 3.56. The predicted molar refractivity (Wildman–Crippen MR) is 114 cm³/mol. The molecule has 1 fully saturated rings. The lowest BCUT2D eigenvalue weighted by molar-refractivity contribution is 0.0982. The monoisotopic (exact) mass is 392 g/mol. The van der Waals surface area contributed by atoms with Crippen molar-refractivity contribution in [1.29, 1.82) is 0 Å². The maximum atomic E-state index is 5.52. The molecule has 0 aromatic heterocycles. The Kier molecular flexibility index (Phi) is 8.23. The number of likely N-dealkylation sites (tertiary alicyclic amines) is 1. The van der Waals surface area contributed by atoms with Gasteiger partial charge in [-0.3, -0.25) is 9.89 Å². The summed E-state index contributed by atoms with van der Waals surface area (Å²) in [6, 6.07) is 3.71. The molecule has 28 heavy (non-hydrogen) atoms. The summed E-state index contributed by atoms with van der Waals surface area (Å²) in [7, 11) is 6.70. The van der Waals surface area contributed by atoms with E-state index in [-0.39, 0.29) is 5.54 Å². The van der Waals surface area contributed by atoms with Gasteiger partial charge < -0.3 is 24.8 Å². The highest BCUT2D eigenvalue weighted by molar-refractivity contribution is 5.79. The molecule has 1 saturated heterocycles. The van der Waals surface area contributed by atoms with Gasteiger partial charge in [-0.2, -0.15) is 0 Å². The fraction of sp³-hybridized carbons (Fsp3) is 0.667. The molecule has 0 spiro atoms. The van der Waals surface area contributed by atoms with Crippen molar-refractivity contribution in [1.82, 2.24) is 15.5 Å². The molecular weight excluding hydrogens is 356 g/mol. The third-order valence-electron chi connectivity index (χ3n) is 5.37. The van der Waals surface area contributed by atoms with Gasteiger partial charge in [-0.25, -0.2) is 0 Å². The lowest BCUT2D eigenvalue weighted by Gasteiger charge is -2.41. The van der Waals surface area contributed by atoms with E-state index < -0.39 is 0 Å². The SMILES string of the molecule is CN=C(NCc1c(OC)cc(OC)cc1OC)NCC(C)(C)N1CCCCC1. The Morgan fingerprint density at radius 2 is 1.61 bits per heavy atom. The molecule has 0 saturated carbocycles. The molecule has 2 rings (SSSR count). The number of ether oxygens (including phenoxy) is 3. The van der Waals surface area contributed by atoms with E-state index in [1.54, 1.807) is 28.4 Å². The Hall–Kier alpha value is -2.15. The Morgan fingerprint density at radius 3 is 2.11 bits per heavy atom. The third kappa shape index (κ3) is 5.67. The van der Waals surface area contributed by atoms with E-state index in [1.165, 1.54) is 32.4 Å². The van der Waals surface area contributed by atoms with Crippen molar-refractivity contribution >= 4 is 5.96 Å². The van der Waals surface area contributed by atoms with E-state index in [1.807, 2.05) is 12.1 Å². The van der Waals surface area contributed by atoms with Crippen LogP contribution in [0, 0.1) is 0 Å². The summed E-state index contributed by atoms with van der Waals surface area (Å²) in [6.07, 6.45) is 3.91. The minimum atomic E-state index is 0.0769. The number of benzene rings is 1. The molecule has 1 aromatic rings. The van der Waals surface area contributed by atoms with Crippen LogP contribution in [0.5, 0.6) is 17.2 Å². The number of methoxy groups -OCH3 is 3. The lowest BCUT2D eigenvalue weighted by atomic mass is 9.98. The Balaban J connectivity index is 2.00. The van der Waals surface area contributed by atoms with Crippen molar-refractivity contribution in [2.45, 2.75) is 45.2 Å². The van der Waals surface area contributed by atoms with Crippen LogP contribution >= 0.6 is 0 Å². The molecule has 158 valence electrons. The zero-order valence-electron chi connectivity index (χ0n) is 18.2. The molecule has 7 heteroatoms. The van der Waals surface area contributed by atoms with E-state index >= 15 is 0 Å². The number of rotatable bonds is 8. The van der Waals surface area contributed by atoms with Crippen LogP contribution in [0.3, 0.4) is 0 Å². The van der Waals surface area contributed by atoms with Crippen LogP contribution in [-0.4, -0.2) is 64.4 Å². The van der Waals surface area contributed by atoms with Gasteiger partial charge in [0.2, 0.25) is 0 Å². The van der Waals surface area contributed by atoms with Gasteiger partial charge >= 0.3 is 0 Å². The smallest absolute Gasteiger partial charge is 0.191 e. The molecule has 1 aliphatic rings. The van der Waals surface area contributed by atoms with Crippen LogP contribution < -0.4 is 24.8 Å². The Bertz CT molecular complexity index is 630. The number of nitrogens with zero attached hydrogens (tertiary/aromatic N) is 2. The maximum absolute atomic E-state index is 5.52. The highest BCUT2D eigenvalue weighted by atomic mass is 16.5.